The second kappa shape index (κ2) is 9.52. The topological polar surface area (TPSA) is 99.5 Å². The molecule has 3 aliphatic heterocycles. The summed E-state index contributed by atoms with van der Waals surface area (Å²) in [5, 5.41) is 0. The summed E-state index contributed by atoms with van der Waals surface area (Å²) in [7, 11) is -3.89. The van der Waals surface area contributed by atoms with Crippen LogP contribution < -0.4 is 10.4 Å². The first-order valence-corrected chi connectivity index (χ1v) is 13.5. The smallest absolute Gasteiger partial charge is 0.353 e. The average molecular weight is 496 g/mol. The lowest BCUT2D eigenvalue weighted by molar-refractivity contribution is -0.178. The van der Waals surface area contributed by atoms with Crippen LogP contribution in [0, 0.1) is 20.8 Å². The lowest BCUT2D eigenvalue weighted by Gasteiger charge is -2.23. The van der Waals surface area contributed by atoms with Crippen LogP contribution in [0.15, 0.2) is 38.2 Å². The normalized spacial score (nSPS) is 15.3. The SMILES string of the molecule is Cc1ccc(S(=O)(=O)Nc2nc(=O)n3c(C)c(C)sc(SCCC4OCCCO4)c2-3)cc1. The van der Waals surface area contributed by atoms with E-state index in [0.29, 0.717) is 31.1 Å². The molecule has 0 saturated carbocycles. The van der Waals surface area contributed by atoms with Gasteiger partial charge in [-0.1, -0.05) is 17.7 Å². The van der Waals surface area contributed by atoms with Crippen molar-refractivity contribution in [1.29, 1.82) is 0 Å². The van der Waals surface area contributed by atoms with Crippen molar-refractivity contribution in [2.75, 3.05) is 23.7 Å². The molecule has 32 heavy (non-hydrogen) atoms. The Morgan fingerprint density at radius 2 is 1.88 bits per heavy atom. The third-order valence-electron chi connectivity index (χ3n) is 5.18. The molecule has 0 radical (unpaired) electrons. The fraction of sp³-hybridized carbons (Fsp3) is 0.429. The number of thioether (sulfide) groups is 1. The maximum Gasteiger partial charge on any atom is 0.354 e. The number of nitrogens with zero attached hydrogens (tertiary/aromatic N) is 2. The van der Waals surface area contributed by atoms with E-state index in [1.54, 1.807) is 23.9 Å². The van der Waals surface area contributed by atoms with Crippen LogP contribution in [-0.4, -0.2) is 43.2 Å². The van der Waals surface area contributed by atoms with Gasteiger partial charge in [-0.05, 0) is 39.3 Å². The lowest BCUT2D eigenvalue weighted by Crippen LogP contribution is -2.25. The number of anilines is 1. The van der Waals surface area contributed by atoms with Crippen LogP contribution in [0.5, 0.6) is 0 Å². The summed E-state index contributed by atoms with van der Waals surface area (Å²) in [6, 6.07) is 6.52. The lowest BCUT2D eigenvalue weighted by atomic mass is 10.2. The van der Waals surface area contributed by atoms with Gasteiger partial charge in [-0.15, -0.1) is 23.1 Å². The predicted molar refractivity (Wildman–Crippen MR) is 126 cm³/mol. The van der Waals surface area contributed by atoms with E-state index in [2.05, 4.69) is 9.71 Å². The molecule has 8 nitrogen and oxygen atoms in total. The van der Waals surface area contributed by atoms with Gasteiger partial charge in [-0.25, -0.2) is 13.2 Å². The second-order valence-electron chi connectivity index (χ2n) is 7.54. The molecule has 0 bridgehead atoms. The van der Waals surface area contributed by atoms with Gasteiger partial charge in [-0.3, -0.25) is 9.29 Å². The number of nitrogens with one attached hydrogen (secondary N) is 1. The van der Waals surface area contributed by atoms with Crippen LogP contribution in [-0.2, 0) is 19.5 Å². The Balaban J connectivity index is 1.65. The Bertz CT molecular complexity index is 1230. The van der Waals surface area contributed by atoms with Gasteiger partial charge in [0, 0.05) is 22.7 Å². The average Bonchev–Trinajstić information content (AvgIpc) is 3.08. The predicted octanol–water partition coefficient (Wildman–Crippen LogP) is 3.70. The molecule has 1 aromatic carbocycles. The van der Waals surface area contributed by atoms with Crippen LogP contribution in [0.4, 0.5) is 5.82 Å². The van der Waals surface area contributed by atoms with Gasteiger partial charge in [0.2, 0.25) is 0 Å². The maximum atomic E-state index is 13.0. The third kappa shape index (κ3) is 4.86. The Morgan fingerprint density at radius 1 is 1.19 bits per heavy atom. The Kier molecular flexibility index (Phi) is 6.91. The van der Waals surface area contributed by atoms with Gasteiger partial charge < -0.3 is 9.47 Å². The number of sulfonamides is 1. The Labute approximate surface area is 195 Å². The van der Waals surface area contributed by atoms with Crippen molar-refractivity contribution in [3.05, 3.63) is 50.9 Å². The van der Waals surface area contributed by atoms with Gasteiger partial charge in [0.25, 0.3) is 10.0 Å². The van der Waals surface area contributed by atoms with Gasteiger partial charge in [0.15, 0.2) is 12.1 Å². The summed E-state index contributed by atoms with van der Waals surface area (Å²) in [5.41, 5.74) is 1.67. The number of hydrogen-bond donors (Lipinski definition) is 1. The van der Waals surface area contributed by atoms with E-state index >= 15 is 0 Å². The van der Waals surface area contributed by atoms with Crippen LogP contribution in [0.1, 0.15) is 29.0 Å². The number of fused-ring (bicyclic) bond motifs is 1. The summed E-state index contributed by atoms with van der Waals surface area (Å²) >= 11 is 3.06. The number of benzene rings is 1. The first kappa shape index (κ1) is 23.2. The van der Waals surface area contributed by atoms with E-state index in [1.807, 2.05) is 20.8 Å². The molecular weight excluding hydrogens is 470 g/mol. The van der Waals surface area contributed by atoms with Crippen LogP contribution in [0.25, 0.3) is 5.69 Å². The minimum atomic E-state index is -3.89. The number of hydrogen-bond acceptors (Lipinski definition) is 8. The summed E-state index contributed by atoms with van der Waals surface area (Å²) < 4.78 is 41.9. The minimum absolute atomic E-state index is 0.0441. The summed E-state index contributed by atoms with van der Waals surface area (Å²) in [6.07, 6.45) is 1.36. The highest BCUT2D eigenvalue weighted by atomic mass is 32.2. The first-order valence-electron chi connectivity index (χ1n) is 10.2. The molecule has 0 atom stereocenters. The van der Waals surface area contributed by atoms with Gasteiger partial charge in [0.1, 0.15) is 5.69 Å². The van der Waals surface area contributed by atoms with E-state index in [-0.39, 0.29) is 17.0 Å². The highest BCUT2D eigenvalue weighted by molar-refractivity contribution is 8.01. The number of aromatic nitrogens is 2. The molecule has 11 heteroatoms. The van der Waals surface area contributed by atoms with Crippen molar-refractivity contribution in [3.63, 3.8) is 0 Å². The largest absolute Gasteiger partial charge is 0.354 e. The number of aryl methyl sites for hydroxylation is 2. The van der Waals surface area contributed by atoms with Gasteiger partial charge in [0.05, 0.1) is 22.3 Å². The van der Waals surface area contributed by atoms with E-state index in [0.717, 1.165) is 26.8 Å². The molecule has 1 fully saturated rings. The molecular formula is C21H25N3O5S3. The van der Waals surface area contributed by atoms with Gasteiger partial charge in [-0.2, -0.15) is 4.98 Å². The fourth-order valence-corrected chi connectivity index (χ4v) is 6.83. The molecule has 0 unspecified atom stereocenters. The first-order chi connectivity index (χ1) is 15.3. The Morgan fingerprint density at radius 3 is 2.56 bits per heavy atom. The van der Waals surface area contributed by atoms with E-state index in [9.17, 15) is 13.2 Å². The highest BCUT2D eigenvalue weighted by Crippen LogP contribution is 2.39. The standard InChI is InChI=1S/C21H25N3O5S3/c1-13-5-7-16(8-6-13)32(26,27)23-19-18-20(30-12-9-17-28-10-4-11-29-17)31-15(3)14(2)24(18)21(25)22-19/h5-8,17H,4,9-12H2,1-3H3,(H,22,23,25). The molecule has 0 amide bonds. The van der Waals surface area contributed by atoms with Crippen molar-refractivity contribution in [1.82, 2.24) is 9.55 Å². The van der Waals surface area contributed by atoms with Crippen molar-refractivity contribution >= 4 is 38.9 Å². The zero-order chi connectivity index (χ0) is 22.9. The molecule has 0 aromatic heterocycles. The molecule has 0 aliphatic carbocycles. The van der Waals surface area contributed by atoms with E-state index < -0.39 is 15.7 Å². The molecule has 3 heterocycles. The summed E-state index contributed by atoms with van der Waals surface area (Å²) in [6.45, 7) is 7.04. The highest BCUT2D eigenvalue weighted by Gasteiger charge is 2.27. The number of imidazole rings is 1. The fourth-order valence-electron chi connectivity index (χ4n) is 3.34. The second-order valence-corrected chi connectivity index (χ2v) is 11.8. The zero-order valence-electron chi connectivity index (χ0n) is 18.1. The number of rotatable bonds is 7. The Hall–Kier alpha value is -1.92. The molecule has 172 valence electrons. The van der Waals surface area contributed by atoms with E-state index in [4.69, 9.17) is 9.47 Å². The molecule has 1 N–H and O–H groups in total. The minimum Gasteiger partial charge on any atom is -0.353 e. The monoisotopic (exact) mass is 495 g/mol. The molecule has 0 spiro atoms. The van der Waals surface area contributed by atoms with Crippen LogP contribution in [0.3, 0.4) is 0 Å². The third-order valence-corrected chi connectivity index (χ3v) is 9.01. The summed E-state index contributed by atoms with van der Waals surface area (Å²) in [5.74, 6) is 0.741. The molecule has 3 aliphatic rings. The summed E-state index contributed by atoms with van der Waals surface area (Å²) in [4.78, 5) is 17.8. The molecule has 1 aromatic rings. The van der Waals surface area contributed by atoms with Crippen molar-refractivity contribution < 1.29 is 17.9 Å². The van der Waals surface area contributed by atoms with Crippen molar-refractivity contribution in [2.24, 2.45) is 0 Å². The van der Waals surface area contributed by atoms with Crippen molar-refractivity contribution in [2.45, 2.75) is 49.0 Å². The van der Waals surface area contributed by atoms with Crippen LogP contribution in [0.2, 0.25) is 0 Å². The number of ether oxygens (including phenoxy) is 2. The van der Waals surface area contributed by atoms with Gasteiger partial charge >= 0.3 is 5.69 Å². The quantitative estimate of drug-likeness (QED) is 0.499. The van der Waals surface area contributed by atoms with E-state index in [1.165, 1.54) is 28.0 Å². The zero-order valence-corrected chi connectivity index (χ0v) is 20.5. The maximum absolute atomic E-state index is 13.0. The molecule has 4 rings (SSSR count). The van der Waals surface area contributed by atoms with Crippen LogP contribution >= 0.6 is 23.1 Å². The molecule has 1 saturated heterocycles. The van der Waals surface area contributed by atoms with Crippen molar-refractivity contribution in [3.8, 4) is 5.69 Å².